The van der Waals surface area contributed by atoms with E-state index >= 15 is 0 Å². The number of carbonyl (C=O) groups excluding carboxylic acids is 1. The molecular formula is C26H28N4O3S2. The van der Waals surface area contributed by atoms with Crippen molar-refractivity contribution in [3.63, 3.8) is 0 Å². The molecule has 2 atom stereocenters. The summed E-state index contributed by atoms with van der Waals surface area (Å²) in [6.07, 6.45) is 5.40. The van der Waals surface area contributed by atoms with E-state index in [0.29, 0.717) is 28.5 Å². The number of hydrogen-bond acceptors (Lipinski definition) is 7. The fraction of sp³-hybridized carbons (Fsp3) is 0.385. The van der Waals surface area contributed by atoms with Crippen molar-refractivity contribution in [3.8, 4) is 0 Å². The minimum absolute atomic E-state index is 0.00867. The molecule has 5 rings (SSSR count). The van der Waals surface area contributed by atoms with Crippen LogP contribution in [0.1, 0.15) is 31.7 Å². The lowest BCUT2D eigenvalue weighted by Crippen LogP contribution is -2.34. The Morgan fingerprint density at radius 2 is 2.14 bits per heavy atom. The molecular weight excluding hydrogens is 480 g/mol. The number of amides is 1. The van der Waals surface area contributed by atoms with Crippen molar-refractivity contribution in [2.75, 3.05) is 12.4 Å². The van der Waals surface area contributed by atoms with Crippen molar-refractivity contribution < 1.29 is 9.53 Å². The number of rotatable bonds is 9. The van der Waals surface area contributed by atoms with Gasteiger partial charge in [0.1, 0.15) is 9.53 Å². The zero-order valence-electron chi connectivity index (χ0n) is 19.6. The van der Waals surface area contributed by atoms with E-state index in [1.54, 1.807) is 10.8 Å². The maximum atomic E-state index is 13.5. The van der Waals surface area contributed by atoms with Gasteiger partial charge < -0.3 is 10.1 Å². The van der Waals surface area contributed by atoms with Crippen LogP contribution in [0.4, 0.5) is 0 Å². The molecule has 1 N–H and O–H groups in total. The van der Waals surface area contributed by atoms with Gasteiger partial charge in [-0.05, 0) is 50.3 Å². The number of pyridine rings is 1. The van der Waals surface area contributed by atoms with Crippen LogP contribution in [0.15, 0.2) is 58.6 Å². The lowest BCUT2D eigenvalue weighted by Gasteiger charge is -2.16. The smallest absolute Gasteiger partial charge is 0.272 e. The summed E-state index contributed by atoms with van der Waals surface area (Å²) in [7, 11) is 0. The van der Waals surface area contributed by atoms with Crippen LogP contribution in [0.3, 0.4) is 0 Å². The highest BCUT2D eigenvalue weighted by molar-refractivity contribution is 7.99. The third-order valence-corrected chi connectivity index (χ3v) is 8.24. The molecule has 1 amide bonds. The van der Waals surface area contributed by atoms with E-state index in [1.165, 1.54) is 28.7 Å². The predicted molar refractivity (Wildman–Crippen MR) is 141 cm³/mol. The van der Waals surface area contributed by atoms with Gasteiger partial charge in [-0.25, -0.2) is 9.97 Å². The van der Waals surface area contributed by atoms with Gasteiger partial charge in [0.15, 0.2) is 5.16 Å². The minimum Gasteiger partial charge on any atom is -0.376 e. The number of hydrogen-bond donors (Lipinski definition) is 1. The van der Waals surface area contributed by atoms with E-state index in [-0.39, 0.29) is 29.4 Å². The largest absolute Gasteiger partial charge is 0.376 e. The average Bonchev–Trinajstić information content (AvgIpc) is 3.52. The summed E-state index contributed by atoms with van der Waals surface area (Å²) in [5.74, 6) is 0.129. The van der Waals surface area contributed by atoms with Crippen LogP contribution in [0, 0.1) is 0 Å². The molecule has 9 heteroatoms. The molecule has 4 aromatic rings. The number of aryl methyl sites for hydroxylation is 1. The standard InChI is InChI=1S/C26H28N4O3S2/c1-17(11-12-18-7-3-2-4-8-18)28-21(31)16-34-26-29-22-20-10-5-13-27-24(20)35-23(22)25(32)30(26)15-19-9-6-14-33-19/h2-5,7-8,10,13,17,19H,6,9,11-12,14-16H2,1H3,(H,28,31)/t17-,19+/m0/s1. The number of ether oxygens (including phenoxy) is 1. The Hall–Kier alpha value is -2.75. The van der Waals surface area contributed by atoms with Gasteiger partial charge in [-0.15, -0.1) is 11.3 Å². The lowest BCUT2D eigenvalue weighted by atomic mass is 10.1. The number of carbonyl (C=O) groups is 1. The fourth-order valence-electron chi connectivity index (χ4n) is 4.35. The Morgan fingerprint density at radius 3 is 2.94 bits per heavy atom. The highest BCUT2D eigenvalue weighted by atomic mass is 32.2. The summed E-state index contributed by atoms with van der Waals surface area (Å²) >= 11 is 2.67. The first-order valence-electron chi connectivity index (χ1n) is 11.9. The molecule has 35 heavy (non-hydrogen) atoms. The minimum atomic E-state index is -0.0902. The highest BCUT2D eigenvalue weighted by Crippen LogP contribution is 2.31. The number of benzene rings is 1. The van der Waals surface area contributed by atoms with Gasteiger partial charge in [0.05, 0.1) is 23.9 Å². The van der Waals surface area contributed by atoms with E-state index in [0.717, 1.165) is 35.9 Å². The second kappa shape index (κ2) is 10.9. The number of thioether (sulfide) groups is 1. The predicted octanol–water partition coefficient (Wildman–Crippen LogP) is 4.41. The molecule has 0 radical (unpaired) electrons. The van der Waals surface area contributed by atoms with Gasteiger partial charge in [-0.3, -0.25) is 14.2 Å². The summed E-state index contributed by atoms with van der Waals surface area (Å²) < 4.78 is 8.08. The van der Waals surface area contributed by atoms with Crippen LogP contribution < -0.4 is 10.9 Å². The molecule has 3 aromatic heterocycles. The highest BCUT2D eigenvalue weighted by Gasteiger charge is 2.22. The van der Waals surface area contributed by atoms with Crippen LogP contribution >= 0.6 is 23.1 Å². The Morgan fingerprint density at radius 1 is 1.29 bits per heavy atom. The quantitative estimate of drug-likeness (QED) is 0.266. The lowest BCUT2D eigenvalue weighted by molar-refractivity contribution is -0.119. The van der Waals surface area contributed by atoms with Gasteiger partial charge in [0.25, 0.3) is 5.56 Å². The maximum absolute atomic E-state index is 13.5. The summed E-state index contributed by atoms with van der Waals surface area (Å²) in [6, 6.07) is 14.1. The fourth-order valence-corrected chi connectivity index (χ4v) is 6.19. The van der Waals surface area contributed by atoms with E-state index in [1.807, 2.05) is 37.3 Å². The Labute approximate surface area is 211 Å². The number of aromatic nitrogens is 3. The monoisotopic (exact) mass is 508 g/mol. The van der Waals surface area contributed by atoms with Crippen LogP contribution in [0.2, 0.25) is 0 Å². The normalized spacial score (nSPS) is 16.7. The zero-order chi connectivity index (χ0) is 24.2. The summed E-state index contributed by atoms with van der Waals surface area (Å²) in [5, 5.41) is 4.50. The van der Waals surface area contributed by atoms with Crippen molar-refractivity contribution >= 4 is 49.4 Å². The van der Waals surface area contributed by atoms with Crippen LogP contribution in [-0.4, -0.2) is 44.9 Å². The van der Waals surface area contributed by atoms with Crippen molar-refractivity contribution in [1.82, 2.24) is 19.9 Å². The molecule has 0 aliphatic carbocycles. The first kappa shape index (κ1) is 24.0. The first-order valence-corrected chi connectivity index (χ1v) is 13.7. The van der Waals surface area contributed by atoms with Crippen molar-refractivity contribution in [2.24, 2.45) is 0 Å². The summed E-state index contributed by atoms with van der Waals surface area (Å²) in [6.45, 7) is 3.18. The number of thiophene rings is 1. The Kier molecular flexibility index (Phi) is 7.46. The van der Waals surface area contributed by atoms with Gasteiger partial charge in [-0.2, -0.15) is 0 Å². The molecule has 0 unspecified atom stereocenters. The Balaban J connectivity index is 1.32. The molecule has 4 heterocycles. The molecule has 7 nitrogen and oxygen atoms in total. The second-order valence-corrected chi connectivity index (χ2v) is 10.8. The van der Waals surface area contributed by atoms with Crippen LogP contribution in [0.5, 0.6) is 0 Å². The van der Waals surface area contributed by atoms with E-state index < -0.39 is 0 Å². The SMILES string of the molecule is C[C@@H](CCc1ccccc1)NC(=O)CSc1nc2c(sc3ncccc32)c(=O)n1C[C@H]1CCCO1. The number of fused-ring (bicyclic) bond motifs is 3. The molecule has 1 aliphatic heterocycles. The molecule has 0 saturated carbocycles. The molecule has 1 aromatic carbocycles. The van der Waals surface area contributed by atoms with Crippen molar-refractivity contribution in [3.05, 3.63) is 64.6 Å². The topological polar surface area (TPSA) is 86.1 Å². The molecule has 0 spiro atoms. The number of nitrogens with zero attached hydrogens (tertiary/aromatic N) is 3. The summed E-state index contributed by atoms with van der Waals surface area (Å²) in [4.78, 5) is 36.3. The average molecular weight is 509 g/mol. The van der Waals surface area contributed by atoms with Gasteiger partial charge in [0, 0.05) is 24.2 Å². The number of nitrogens with one attached hydrogen (secondary N) is 1. The second-order valence-electron chi connectivity index (χ2n) is 8.86. The van der Waals surface area contributed by atoms with Gasteiger partial charge in [0.2, 0.25) is 5.91 Å². The van der Waals surface area contributed by atoms with E-state index in [2.05, 4.69) is 22.4 Å². The van der Waals surface area contributed by atoms with E-state index in [9.17, 15) is 9.59 Å². The molecule has 0 bridgehead atoms. The first-order chi connectivity index (χ1) is 17.1. The van der Waals surface area contributed by atoms with Gasteiger partial charge >= 0.3 is 0 Å². The van der Waals surface area contributed by atoms with E-state index in [4.69, 9.17) is 9.72 Å². The molecule has 1 aliphatic rings. The van der Waals surface area contributed by atoms with Crippen LogP contribution in [0.25, 0.3) is 20.4 Å². The van der Waals surface area contributed by atoms with Gasteiger partial charge in [-0.1, -0.05) is 42.1 Å². The maximum Gasteiger partial charge on any atom is 0.272 e. The van der Waals surface area contributed by atoms with Crippen LogP contribution in [-0.2, 0) is 22.5 Å². The summed E-state index contributed by atoms with van der Waals surface area (Å²) in [5.41, 5.74) is 1.83. The molecule has 1 saturated heterocycles. The molecule has 1 fully saturated rings. The van der Waals surface area contributed by atoms with Crippen molar-refractivity contribution in [2.45, 2.75) is 56.5 Å². The molecule has 182 valence electrons. The third-order valence-electron chi connectivity index (χ3n) is 6.18. The third kappa shape index (κ3) is 5.58. The Bertz CT molecular complexity index is 1380. The van der Waals surface area contributed by atoms with Crippen molar-refractivity contribution in [1.29, 1.82) is 0 Å². The zero-order valence-corrected chi connectivity index (χ0v) is 21.2.